The summed E-state index contributed by atoms with van der Waals surface area (Å²) >= 11 is 0. The van der Waals surface area contributed by atoms with Crippen LogP contribution in [0.25, 0.3) is 0 Å². The summed E-state index contributed by atoms with van der Waals surface area (Å²) in [4.78, 5) is 10.4. The Morgan fingerprint density at radius 1 is 1.46 bits per heavy atom. The van der Waals surface area contributed by atoms with Gasteiger partial charge in [0.25, 0.3) is 0 Å². The van der Waals surface area contributed by atoms with Crippen molar-refractivity contribution in [1.29, 1.82) is 0 Å². The molecule has 1 aromatic heterocycles. The summed E-state index contributed by atoms with van der Waals surface area (Å²) < 4.78 is 0. The number of hydrogen-bond acceptors (Lipinski definition) is 5. The van der Waals surface area contributed by atoms with Gasteiger partial charge in [-0.1, -0.05) is 0 Å². The first-order valence-electron chi connectivity index (χ1n) is 3.77. The van der Waals surface area contributed by atoms with E-state index in [0.29, 0.717) is 18.1 Å². The van der Waals surface area contributed by atoms with Crippen LogP contribution < -0.4 is 16.8 Å². The molecule has 0 radical (unpaired) electrons. The number of nitrogens with zero attached hydrogens (tertiary/aromatic N) is 2. The van der Waals surface area contributed by atoms with Crippen LogP contribution in [0.4, 0.5) is 5.82 Å². The van der Waals surface area contributed by atoms with E-state index in [9.17, 15) is 4.79 Å². The highest BCUT2D eigenvalue weighted by Crippen LogP contribution is 1.99. The molecule has 13 heavy (non-hydrogen) atoms. The number of aromatic nitrogens is 2. The zero-order chi connectivity index (χ0) is 9.68. The number of nitrogens with one attached hydrogen (secondary N) is 1. The molecule has 0 aromatic carbocycles. The Bertz CT molecular complexity index is 283. The summed E-state index contributed by atoms with van der Waals surface area (Å²) in [6, 6.07) is 3.43. The van der Waals surface area contributed by atoms with Gasteiger partial charge in [-0.05, 0) is 12.1 Å². The number of anilines is 1. The second-order valence-corrected chi connectivity index (χ2v) is 2.43. The minimum Gasteiger partial charge on any atom is -0.368 e. The number of carbonyl (C=O) groups is 1. The molecule has 0 aliphatic carbocycles. The van der Waals surface area contributed by atoms with Gasteiger partial charge >= 0.3 is 0 Å². The Morgan fingerprint density at radius 3 is 2.69 bits per heavy atom. The Kier molecular flexibility index (Phi) is 3.15. The van der Waals surface area contributed by atoms with Crippen molar-refractivity contribution in [3.8, 4) is 0 Å². The van der Waals surface area contributed by atoms with Gasteiger partial charge in [0.1, 0.15) is 5.82 Å². The van der Waals surface area contributed by atoms with E-state index in [2.05, 4.69) is 15.5 Å². The van der Waals surface area contributed by atoms with E-state index in [-0.39, 0.29) is 6.54 Å². The largest absolute Gasteiger partial charge is 0.368 e. The fourth-order valence-corrected chi connectivity index (χ4v) is 0.741. The van der Waals surface area contributed by atoms with Crippen LogP contribution in [0.15, 0.2) is 12.1 Å². The molecular weight excluding hydrogens is 170 g/mol. The van der Waals surface area contributed by atoms with Crippen LogP contribution in [-0.2, 0) is 11.3 Å². The molecule has 5 N–H and O–H groups in total. The zero-order valence-corrected chi connectivity index (χ0v) is 7.03. The summed E-state index contributed by atoms with van der Waals surface area (Å²) in [5.41, 5.74) is 11.0. The molecule has 0 aliphatic heterocycles. The molecule has 6 heteroatoms. The fraction of sp³-hybridized carbons (Fsp3) is 0.286. The van der Waals surface area contributed by atoms with Crippen molar-refractivity contribution in [2.24, 2.45) is 11.5 Å². The van der Waals surface area contributed by atoms with E-state index in [0.717, 1.165) is 0 Å². The second-order valence-electron chi connectivity index (χ2n) is 2.43. The van der Waals surface area contributed by atoms with Crippen molar-refractivity contribution in [3.63, 3.8) is 0 Å². The standard InChI is InChI=1S/C7H11N5O/c8-3-5-1-2-7(12-11-5)10-4-6(9)13/h1-2H,3-4,8H2,(H2,9,13)(H,10,12). The monoisotopic (exact) mass is 181 g/mol. The summed E-state index contributed by atoms with van der Waals surface area (Å²) in [6.07, 6.45) is 0. The minimum atomic E-state index is -0.440. The van der Waals surface area contributed by atoms with E-state index in [1.54, 1.807) is 12.1 Å². The molecule has 0 saturated carbocycles. The topological polar surface area (TPSA) is 107 Å². The lowest BCUT2D eigenvalue weighted by molar-refractivity contribution is -0.116. The quantitative estimate of drug-likeness (QED) is 0.542. The first-order valence-corrected chi connectivity index (χ1v) is 3.77. The zero-order valence-electron chi connectivity index (χ0n) is 7.03. The molecule has 70 valence electrons. The Hall–Kier alpha value is -1.69. The third-order valence-electron chi connectivity index (χ3n) is 1.37. The van der Waals surface area contributed by atoms with E-state index < -0.39 is 5.91 Å². The highest BCUT2D eigenvalue weighted by Gasteiger charge is 1.97. The maximum absolute atomic E-state index is 10.4. The Morgan fingerprint density at radius 2 is 2.23 bits per heavy atom. The average Bonchev–Trinajstić information content (AvgIpc) is 2.15. The molecule has 1 aromatic rings. The fourth-order valence-electron chi connectivity index (χ4n) is 0.741. The lowest BCUT2D eigenvalue weighted by Crippen LogP contribution is -2.22. The van der Waals surface area contributed by atoms with Crippen LogP contribution in [0.1, 0.15) is 5.69 Å². The van der Waals surface area contributed by atoms with Gasteiger partial charge in [-0.2, -0.15) is 5.10 Å². The highest BCUT2D eigenvalue weighted by atomic mass is 16.1. The van der Waals surface area contributed by atoms with Crippen LogP contribution in [0, 0.1) is 0 Å². The van der Waals surface area contributed by atoms with Gasteiger partial charge < -0.3 is 16.8 Å². The normalized spacial score (nSPS) is 9.62. The first kappa shape index (κ1) is 9.40. The molecule has 0 bridgehead atoms. The number of rotatable bonds is 4. The Balaban J connectivity index is 2.54. The minimum absolute atomic E-state index is 0.0522. The number of primary amides is 1. The van der Waals surface area contributed by atoms with Gasteiger partial charge in [0, 0.05) is 6.54 Å². The Labute approximate surface area is 75.3 Å². The van der Waals surface area contributed by atoms with Crippen LogP contribution >= 0.6 is 0 Å². The molecule has 0 aliphatic rings. The van der Waals surface area contributed by atoms with Crippen molar-refractivity contribution < 1.29 is 4.79 Å². The van der Waals surface area contributed by atoms with Gasteiger partial charge in [0.05, 0.1) is 12.2 Å². The lowest BCUT2D eigenvalue weighted by atomic mass is 10.4. The van der Waals surface area contributed by atoms with E-state index >= 15 is 0 Å². The molecule has 0 fully saturated rings. The van der Waals surface area contributed by atoms with E-state index in [1.165, 1.54) is 0 Å². The summed E-state index contributed by atoms with van der Waals surface area (Å²) in [6.45, 7) is 0.403. The van der Waals surface area contributed by atoms with Crippen molar-refractivity contribution >= 4 is 11.7 Å². The molecule has 6 nitrogen and oxygen atoms in total. The third kappa shape index (κ3) is 3.04. The average molecular weight is 181 g/mol. The molecule has 0 atom stereocenters. The first-order chi connectivity index (χ1) is 6.22. The van der Waals surface area contributed by atoms with Gasteiger partial charge in [0.2, 0.25) is 5.91 Å². The van der Waals surface area contributed by atoms with Crippen LogP contribution in [-0.4, -0.2) is 22.6 Å². The summed E-state index contributed by atoms with van der Waals surface area (Å²) in [5.74, 6) is 0.0701. The van der Waals surface area contributed by atoms with Crippen molar-refractivity contribution in [2.75, 3.05) is 11.9 Å². The molecule has 0 saturated heterocycles. The maximum Gasteiger partial charge on any atom is 0.236 e. The number of nitrogens with two attached hydrogens (primary N) is 2. The van der Waals surface area contributed by atoms with Crippen molar-refractivity contribution in [1.82, 2.24) is 10.2 Å². The van der Waals surface area contributed by atoms with Crippen LogP contribution in [0.2, 0.25) is 0 Å². The van der Waals surface area contributed by atoms with Gasteiger partial charge in [-0.25, -0.2) is 0 Å². The maximum atomic E-state index is 10.4. The predicted octanol–water partition coefficient (Wildman–Crippen LogP) is -1.17. The molecule has 1 heterocycles. The van der Waals surface area contributed by atoms with Gasteiger partial charge in [0.15, 0.2) is 0 Å². The highest BCUT2D eigenvalue weighted by molar-refractivity contribution is 5.78. The summed E-state index contributed by atoms with van der Waals surface area (Å²) in [7, 11) is 0. The van der Waals surface area contributed by atoms with Gasteiger partial charge in [-0.3, -0.25) is 4.79 Å². The molecular formula is C7H11N5O. The van der Waals surface area contributed by atoms with Gasteiger partial charge in [-0.15, -0.1) is 5.10 Å². The number of amides is 1. The molecule has 0 unspecified atom stereocenters. The molecule has 1 rings (SSSR count). The van der Waals surface area contributed by atoms with Crippen LogP contribution in [0.3, 0.4) is 0 Å². The number of carbonyl (C=O) groups excluding carboxylic acids is 1. The smallest absolute Gasteiger partial charge is 0.236 e. The van der Waals surface area contributed by atoms with Crippen molar-refractivity contribution in [3.05, 3.63) is 17.8 Å². The number of hydrogen-bond donors (Lipinski definition) is 3. The lowest BCUT2D eigenvalue weighted by Gasteiger charge is -2.01. The second kappa shape index (κ2) is 4.36. The molecule has 0 spiro atoms. The molecule has 1 amide bonds. The SMILES string of the molecule is NCc1ccc(NCC(N)=O)nn1. The third-order valence-corrected chi connectivity index (χ3v) is 1.37. The predicted molar refractivity (Wildman–Crippen MR) is 47.6 cm³/mol. The van der Waals surface area contributed by atoms with E-state index in [4.69, 9.17) is 11.5 Å². The van der Waals surface area contributed by atoms with Crippen LogP contribution in [0.5, 0.6) is 0 Å². The van der Waals surface area contributed by atoms with E-state index in [1.807, 2.05) is 0 Å². The summed E-state index contributed by atoms with van der Waals surface area (Å²) in [5, 5.41) is 10.3. The van der Waals surface area contributed by atoms with Crippen molar-refractivity contribution in [2.45, 2.75) is 6.54 Å².